The number of carboxylic acids is 1. The third kappa shape index (κ3) is 7.40. The van der Waals surface area contributed by atoms with E-state index in [2.05, 4.69) is 4.98 Å². The van der Waals surface area contributed by atoms with Crippen LogP contribution in [-0.2, 0) is 11.3 Å². The molecule has 0 radical (unpaired) electrons. The Morgan fingerprint density at radius 2 is 1.78 bits per heavy atom. The fourth-order valence-corrected chi connectivity index (χ4v) is 3.54. The number of oxazole rings is 1. The predicted octanol–water partition coefficient (Wildman–Crippen LogP) is 0.833. The van der Waals surface area contributed by atoms with E-state index in [1.54, 1.807) is 13.2 Å². The number of benzene rings is 3. The second-order valence-corrected chi connectivity index (χ2v) is 7.99. The van der Waals surface area contributed by atoms with Gasteiger partial charge in [0.25, 0.3) is 6.01 Å². The monoisotopic (exact) mass is 498 g/mol. The first-order valence-electron chi connectivity index (χ1n) is 11.4. The van der Waals surface area contributed by atoms with E-state index in [1.807, 2.05) is 71.6 Å². The second kappa shape index (κ2) is 13.2. The predicted molar refractivity (Wildman–Crippen MR) is 130 cm³/mol. The summed E-state index contributed by atoms with van der Waals surface area (Å²) in [6.45, 7) is 3.07. The molecule has 9 heteroatoms. The zero-order chi connectivity index (χ0) is 24.6. The number of methoxy groups -OCH3 is 1. The minimum absolute atomic E-state index is 0. The number of para-hydroxylation sites is 2. The average molecular weight is 499 g/mol. The molecule has 0 bridgehead atoms. The molecule has 0 aliphatic carbocycles. The van der Waals surface area contributed by atoms with Crippen LogP contribution in [0.4, 0.5) is 6.01 Å². The first-order chi connectivity index (χ1) is 17.0. The van der Waals surface area contributed by atoms with Crippen molar-refractivity contribution in [2.24, 2.45) is 0 Å². The van der Waals surface area contributed by atoms with Crippen molar-refractivity contribution in [1.29, 1.82) is 0 Å². The van der Waals surface area contributed by atoms with Gasteiger partial charge < -0.3 is 33.4 Å². The van der Waals surface area contributed by atoms with Gasteiger partial charge in [0.1, 0.15) is 28.9 Å². The Balaban J connectivity index is 0.00000361. The fourth-order valence-electron chi connectivity index (χ4n) is 3.54. The van der Waals surface area contributed by atoms with Crippen molar-refractivity contribution in [2.45, 2.75) is 26.0 Å². The Labute approximate surface area is 232 Å². The molecule has 0 fully saturated rings. The van der Waals surface area contributed by atoms with Crippen molar-refractivity contribution in [3.05, 3.63) is 78.4 Å². The van der Waals surface area contributed by atoms with Crippen LogP contribution in [0.25, 0.3) is 11.1 Å². The van der Waals surface area contributed by atoms with Gasteiger partial charge in [-0.25, -0.2) is 0 Å². The van der Waals surface area contributed by atoms with Crippen LogP contribution < -0.4 is 53.8 Å². The Morgan fingerprint density at radius 3 is 2.50 bits per heavy atom. The van der Waals surface area contributed by atoms with Crippen molar-refractivity contribution in [2.75, 3.05) is 25.2 Å². The standard InChI is InChI=1S/C27H28N2O6.Na/c1-19(26(30)31)34-23-8-5-7-20(17-23)18-29(27-28-24-9-3-4-10-25(24)35-27)15-6-16-33-22-13-11-21(32-2)12-14-22;/h3-5,7-14,17,19H,6,15-16,18H2,1-2H3,(H,30,31);/q;+1/p-1. The van der Waals surface area contributed by atoms with Crippen LogP contribution in [0.15, 0.2) is 77.2 Å². The number of aromatic nitrogens is 1. The van der Waals surface area contributed by atoms with Crippen molar-refractivity contribution < 1.29 is 58.1 Å². The largest absolute Gasteiger partial charge is 1.00 e. The molecular weight excluding hydrogens is 471 g/mol. The summed E-state index contributed by atoms with van der Waals surface area (Å²) in [5, 5.41) is 11.0. The number of anilines is 1. The number of aliphatic carboxylic acids is 1. The van der Waals surface area contributed by atoms with Crippen LogP contribution in [0.5, 0.6) is 17.2 Å². The molecule has 0 N–H and O–H groups in total. The Bertz CT molecular complexity index is 1230. The van der Waals surface area contributed by atoms with Gasteiger partial charge in [0.2, 0.25) is 0 Å². The summed E-state index contributed by atoms with van der Waals surface area (Å²) in [5.74, 6) is 0.741. The van der Waals surface area contributed by atoms with E-state index < -0.39 is 12.1 Å². The van der Waals surface area contributed by atoms with Crippen LogP contribution in [0, 0.1) is 0 Å². The summed E-state index contributed by atoms with van der Waals surface area (Å²) in [6, 6.07) is 22.9. The zero-order valence-corrected chi connectivity index (χ0v) is 22.7. The molecule has 36 heavy (non-hydrogen) atoms. The molecule has 0 saturated heterocycles. The van der Waals surface area contributed by atoms with Crippen molar-refractivity contribution in [1.82, 2.24) is 4.98 Å². The minimum Gasteiger partial charge on any atom is -0.546 e. The normalized spacial score (nSPS) is 11.4. The molecule has 0 aliphatic rings. The zero-order valence-electron chi connectivity index (χ0n) is 20.7. The number of carbonyl (C=O) groups is 1. The number of hydrogen-bond donors (Lipinski definition) is 0. The molecule has 0 saturated carbocycles. The number of carboxylic acid groups (broad SMARTS) is 1. The molecule has 1 atom stereocenters. The molecule has 3 aromatic carbocycles. The van der Waals surface area contributed by atoms with Crippen molar-refractivity contribution in [3.8, 4) is 17.2 Å². The molecule has 1 heterocycles. The van der Waals surface area contributed by atoms with Gasteiger partial charge in [0, 0.05) is 13.1 Å². The smallest absolute Gasteiger partial charge is 0.546 e. The maximum Gasteiger partial charge on any atom is 1.00 e. The number of hydrogen-bond acceptors (Lipinski definition) is 8. The van der Waals surface area contributed by atoms with Gasteiger partial charge in [-0.15, -0.1) is 0 Å². The van der Waals surface area contributed by atoms with E-state index in [9.17, 15) is 9.90 Å². The minimum atomic E-state index is -1.26. The van der Waals surface area contributed by atoms with Crippen LogP contribution in [0.1, 0.15) is 18.9 Å². The summed E-state index contributed by atoms with van der Waals surface area (Å²) in [7, 11) is 1.63. The van der Waals surface area contributed by atoms with Gasteiger partial charge in [-0.05, 0) is 67.4 Å². The molecule has 0 amide bonds. The Morgan fingerprint density at radius 1 is 1.03 bits per heavy atom. The van der Waals surface area contributed by atoms with E-state index in [0.29, 0.717) is 37.0 Å². The molecular formula is C27H27N2NaO6. The summed E-state index contributed by atoms with van der Waals surface area (Å²) in [6.07, 6.45) is -0.323. The fraction of sp³-hybridized carbons (Fsp3) is 0.259. The maximum absolute atomic E-state index is 11.0. The number of carbonyl (C=O) groups excluding carboxylic acids is 1. The number of nitrogens with zero attached hydrogens (tertiary/aromatic N) is 2. The van der Waals surface area contributed by atoms with Gasteiger partial charge in [-0.2, -0.15) is 4.98 Å². The molecule has 1 aromatic heterocycles. The number of ether oxygens (including phenoxy) is 3. The molecule has 0 spiro atoms. The van der Waals surface area contributed by atoms with E-state index >= 15 is 0 Å². The average Bonchev–Trinajstić information content (AvgIpc) is 3.30. The third-order valence-electron chi connectivity index (χ3n) is 5.37. The van der Waals surface area contributed by atoms with E-state index in [1.165, 1.54) is 6.92 Å². The molecule has 1 unspecified atom stereocenters. The number of fused-ring (bicyclic) bond motifs is 1. The Hall–Kier alpha value is -3.20. The molecule has 8 nitrogen and oxygen atoms in total. The third-order valence-corrected chi connectivity index (χ3v) is 5.37. The SMILES string of the molecule is COc1ccc(OCCCN(Cc2cccc(OC(C)C(=O)[O-])c2)c2nc3ccccc3o2)cc1.[Na+]. The topological polar surface area (TPSA) is 97.1 Å². The van der Waals surface area contributed by atoms with Gasteiger partial charge in [0.15, 0.2) is 5.58 Å². The van der Waals surface area contributed by atoms with Gasteiger partial charge in [-0.3, -0.25) is 0 Å². The molecule has 4 aromatic rings. The first-order valence-corrected chi connectivity index (χ1v) is 11.4. The summed E-state index contributed by atoms with van der Waals surface area (Å²) < 4.78 is 22.5. The summed E-state index contributed by atoms with van der Waals surface area (Å²) in [5.41, 5.74) is 2.41. The first kappa shape index (κ1) is 27.4. The van der Waals surface area contributed by atoms with Crippen LogP contribution in [0.2, 0.25) is 0 Å². The van der Waals surface area contributed by atoms with Crippen LogP contribution in [0.3, 0.4) is 0 Å². The maximum atomic E-state index is 11.0. The quantitative estimate of drug-likeness (QED) is 0.209. The van der Waals surface area contributed by atoms with Gasteiger partial charge >= 0.3 is 29.6 Å². The molecule has 0 aliphatic heterocycles. The van der Waals surface area contributed by atoms with Gasteiger partial charge in [-0.1, -0.05) is 24.3 Å². The van der Waals surface area contributed by atoms with E-state index in [-0.39, 0.29) is 29.6 Å². The molecule has 4 rings (SSSR count). The van der Waals surface area contributed by atoms with Crippen LogP contribution in [-0.4, -0.2) is 37.3 Å². The van der Waals surface area contributed by atoms with Gasteiger partial charge in [0.05, 0.1) is 19.7 Å². The van der Waals surface area contributed by atoms with Crippen molar-refractivity contribution >= 4 is 23.1 Å². The molecule has 182 valence electrons. The van der Waals surface area contributed by atoms with E-state index in [4.69, 9.17) is 18.6 Å². The Kier molecular flexibility index (Phi) is 10.0. The summed E-state index contributed by atoms with van der Waals surface area (Å²) in [4.78, 5) is 17.7. The summed E-state index contributed by atoms with van der Waals surface area (Å²) >= 11 is 0. The second-order valence-electron chi connectivity index (χ2n) is 7.99. The van der Waals surface area contributed by atoms with Crippen molar-refractivity contribution in [3.63, 3.8) is 0 Å². The van der Waals surface area contributed by atoms with E-state index in [0.717, 1.165) is 29.0 Å². The van der Waals surface area contributed by atoms with Crippen LogP contribution >= 0.6 is 0 Å². The number of rotatable bonds is 12.